The topological polar surface area (TPSA) is 49.0 Å². The van der Waals surface area contributed by atoms with Gasteiger partial charge in [-0.1, -0.05) is 0 Å². The van der Waals surface area contributed by atoms with Gasteiger partial charge in [0, 0.05) is 30.3 Å². The molecule has 0 aromatic heterocycles. The second kappa shape index (κ2) is 6.92. The average molecular weight is 281 g/mol. The number of nitrogens with one attached hydrogen (secondary N) is 1. The van der Waals surface area contributed by atoms with Crippen LogP contribution in [-0.2, 0) is 22.5 Å². The molecule has 0 saturated heterocycles. The van der Waals surface area contributed by atoms with Gasteiger partial charge in [0.2, 0.25) is 0 Å². The maximum Gasteiger partial charge on any atom is 0.130 e. The van der Waals surface area contributed by atoms with E-state index in [0.29, 0.717) is 13.2 Å². The fourth-order valence-electron chi connectivity index (χ4n) is 2.70. The van der Waals surface area contributed by atoms with Crippen molar-refractivity contribution in [1.82, 2.24) is 5.32 Å². The highest BCUT2D eigenvalue weighted by atomic mass is 16.5. The molecule has 1 heterocycles. The third-order valence-corrected chi connectivity index (χ3v) is 3.67. The zero-order chi connectivity index (χ0) is 14.5. The van der Waals surface area contributed by atoms with Crippen LogP contribution in [-0.4, -0.2) is 41.5 Å². The van der Waals surface area contributed by atoms with Gasteiger partial charge in [0.05, 0.1) is 33.5 Å². The van der Waals surface area contributed by atoms with E-state index in [1.54, 1.807) is 21.3 Å². The lowest BCUT2D eigenvalue weighted by atomic mass is 9.95. The Hall–Kier alpha value is -1.30. The van der Waals surface area contributed by atoms with Gasteiger partial charge in [0.15, 0.2) is 0 Å². The number of ether oxygens (including phenoxy) is 4. The third kappa shape index (κ3) is 2.75. The highest BCUT2D eigenvalue weighted by molar-refractivity contribution is 5.55. The Morgan fingerprint density at radius 1 is 1.25 bits per heavy atom. The summed E-state index contributed by atoms with van der Waals surface area (Å²) in [6, 6.07) is 2.02. The van der Waals surface area contributed by atoms with E-state index < -0.39 is 0 Å². The molecular weight excluding hydrogens is 258 g/mol. The Morgan fingerprint density at radius 2 is 2.05 bits per heavy atom. The lowest BCUT2D eigenvalue weighted by Gasteiger charge is -2.26. The molecule has 20 heavy (non-hydrogen) atoms. The summed E-state index contributed by atoms with van der Waals surface area (Å²) in [6.45, 7) is 1.98. The molecule has 5 heteroatoms. The molecule has 112 valence electrons. The fraction of sp³-hybridized carbons (Fsp3) is 0.600. The zero-order valence-corrected chi connectivity index (χ0v) is 12.6. The quantitative estimate of drug-likeness (QED) is 0.860. The van der Waals surface area contributed by atoms with E-state index in [0.717, 1.165) is 35.7 Å². The van der Waals surface area contributed by atoms with Crippen LogP contribution in [0.4, 0.5) is 0 Å². The van der Waals surface area contributed by atoms with Crippen molar-refractivity contribution in [3.05, 3.63) is 22.8 Å². The van der Waals surface area contributed by atoms with Crippen molar-refractivity contribution < 1.29 is 18.9 Å². The maximum absolute atomic E-state index is 5.63. The van der Waals surface area contributed by atoms with Crippen LogP contribution in [0.15, 0.2) is 6.07 Å². The molecule has 1 aromatic carbocycles. The SMILES string of the molecule is CNCC(OC)c1cc(OC)c2c(c1OC)COCC2. The molecule has 0 saturated carbocycles. The Balaban J connectivity index is 2.55. The van der Waals surface area contributed by atoms with Crippen molar-refractivity contribution in [2.24, 2.45) is 0 Å². The Morgan fingerprint density at radius 3 is 2.65 bits per heavy atom. The van der Waals surface area contributed by atoms with Gasteiger partial charge in [-0.2, -0.15) is 0 Å². The van der Waals surface area contributed by atoms with Gasteiger partial charge in [0.1, 0.15) is 11.5 Å². The zero-order valence-electron chi connectivity index (χ0n) is 12.6. The van der Waals surface area contributed by atoms with E-state index in [2.05, 4.69) is 5.32 Å². The number of benzene rings is 1. The minimum absolute atomic E-state index is 0.0870. The van der Waals surface area contributed by atoms with E-state index in [1.165, 1.54) is 5.56 Å². The van der Waals surface area contributed by atoms with Crippen molar-refractivity contribution in [3.63, 3.8) is 0 Å². The van der Waals surface area contributed by atoms with E-state index >= 15 is 0 Å². The Kier molecular flexibility index (Phi) is 5.23. The molecule has 0 bridgehead atoms. The van der Waals surface area contributed by atoms with E-state index in [9.17, 15) is 0 Å². The lowest BCUT2D eigenvalue weighted by Crippen LogP contribution is -2.21. The second-order valence-corrected chi connectivity index (χ2v) is 4.74. The van der Waals surface area contributed by atoms with Crippen LogP contribution in [0.1, 0.15) is 22.8 Å². The molecule has 0 radical (unpaired) electrons. The fourth-order valence-corrected chi connectivity index (χ4v) is 2.70. The van der Waals surface area contributed by atoms with Gasteiger partial charge in [-0.25, -0.2) is 0 Å². The first-order valence-electron chi connectivity index (χ1n) is 6.78. The molecule has 0 amide bonds. The van der Waals surface area contributed by atoms with Crippen LogP contribution >= 0.6 is 0 Å². The summed E-state index contributed by atoms with van der Waals surface area (Å²) in [5, 5.41) is 3.13. The van der Waals surface area contributed by atoms with E-state index in [1.807, 2.05) is 13.1 Å². The molecule has 1 aliphatic rings. The van der Waals surface area contributed by atoms with Gasteiger partial charge in [0.25, 0.3) is 0 Å². The minimum Gasteiger partial charge on any atom is -0.496 e. The van der Waals surface area contributed by atoms with Crippen molar-refractivity contribution in [1.29, 1.82) is 0 Å². The lowest BCUT2D eigenvalue weighted by molar-refractivity contribution is 0.0955. The van der Waals surface area contributed by atoms with E-state index in [4.69, 9.17) is 18.9 Å². The number of hydrogen-bond donors (Lipinski definition) is 1. The van der Waals surface area contributed by atoms with Gasteiger partial charge < -0.3 is 24.3 Å². The molecule has 2 rings (SSSR count). The summed E-state index contributed by atoms with van der Waals surface area (Å²) in [4.78, 5) is 0. The molecule has 0 fully saturated rings. The molecule has 0 spiro atoms. The third-order valence-electron chi connectivity index (χ3n) is 3.67. The number of hydrogen-bond acceptors (Lipinski definition) is 5. The molecule has 1 N–H and O–H groups in total. The van der Waals surface area contributed by atoms with Crippen LogP contribution < -0.4 is 14.8 Å². The van der Waals surface area contributed by atoms with Gasteiger partial charge in [-0.15, -0.1) is 0 Å². The summed E-state index contributed by atoms with van der Waals surface area (Å²) in [5.41, 5.74) is 3.25. The largest absolute Gasteiger partial charge is 0.496 e. The first-order chi connectivity index (χ1) is 9.76. The molecule has 1 aromatic rings. The van der Waals surface area contributed by atoms with Gasteiger partial charge in [-0.3, -0.25) is 0 Å². The molecular formula is C15H23NO4. The van der Waals surface area contributed by atoms with E-state index in [-0.39, 0.29) is 6.10 Å². The van der Waals surface area contributed by atoms with Crippen LogP contribution in [0.3, 0.4) is 0 Å². The van der Waals surface area contributed by atoms with Crippen molar-refractivity contribution in [2.75, 3.05) is 41.5 Å². The summed E-state index contributed by atoms with van der Waals surface area (Å²) >= 11 is 0. The van der Waals surface area contributed by atoms with Crippen LogP contribution in [0.5, 0.6) is 11.5 Å². The Bertz CT molecular complexity index is 462. The van der Waals surface area contributed by atoms with Crippen molar-refractivity contribution in [3.8, 4) is 11.5 Å². The van der Waals surface area contributed by atoms with Gasteiger partial charge >= 0.3 is 0 Å². The molecule has 1 atom stereocenters. The maximum atomic E-state index is 5.63. The summed E-state index contributed by atoms with van der Waals surface area (Å²) < 4.78 is 22.3. The normalized spacial score (nSPS) is 15.6. The molecule has 5 nitrogen and oxygen atoms in total. The summed E-state index contributed by atoms with van der Waals surface area (Å²) in [6.07, 6.45) is 0.759. The van der Waals surface area contributed by atoms with Crippen molar-refractivity contribution in [2.45, 2.75) is 19.1 Å². The van der Waals surface area contributed by atoms with Crippen molar-refractivity contribution >= 4 is 0 Å². The first-order valence-corrected chi connectivity index (χ1v) is 6.78. The number of rotatable bonds is 6. The highest BCUT2D eigenvalue weighted by Crippen LogP contribution is 2.40. The predicted octanol–water partition coefficient (Wildman–Crippen LogP) is 1.68. The molecule has 1 unspecified atom stereocenters. The Labute approximate surface area is 120 Å². The smallest absolute Gasteiger partial charge is 0.130 e. The second-order valence-electron chi connectivity index (χ2n) is 4.74. The number of fused-ring (bicyclic) bond motifs is 1. The molecule has 0 aliphatic carbocycles. The van der Waals surface area contributed by atoms with Crippen LogP contribution in [0, 0.1) is 0 Å². The van der Waals surface area contributed by atoms with Gasteiger partial charge in [-0.05, 0) is 19.5 Å². The van der Waals surface area contributed by atoms with Crippen LogP contribution in [0.2, 0.25) is 0 Å². The summed E-state index contributed by atoms with van der Waals surface area (Å²) in [7, 11) is 6.98. The summed E-state index contributed by atoms with van der Waals surface area (Å²) in [5.74, 6) is 1.74. The minimum atomic E-state index is -0.0870. The number of methoxy groups -OCH3 is 3. The predicted molar refractivity (Wildman–Crippen MR) is 76.6 cm³/mol. The standard InChI is InChI=1S/C15H23NO4/c1-16-8-14(18-3)11-7-13(17-2)10-5-6-20-9-12(10)15(11)19-4/h7,14,16H,5-6,8-9H2,1-4H3. The first kappa shape index (κ1) is 15.1. The highest BCUT2D eigenvalue weighted by Gasteiger charge is 2.26. The monoisotopic (exact) mass is 281 g/mol. The average Bonchev–Trinajstić information content (AvgIpc) is 2.51. The van der Waals surface area contributed by atoms with Crippen LogP contribution in [0.25, 0.3) is 0 Å². The number of likely N-dealkylation sites (N-methyl/N-ethyl adjacent to an activating group) is 1. The molecule has 1 aliphatic heterocycles.